The molecule has 170 valence electrons. The molecule has 33 heavy (non-hydrogen) atoms. The van der Waals surface area contributed by atoms with Gasteiger partial charge in [-0.15, -0.1) is 5.10 Å². The molecule has 2 atom stereocenters. The third kappa shape index (κ3) is 3.56. The first-order valence-corrected chi connectivity index (χ1v) is 11.6. The predicted octanol–water partition coefficient (Wildman–Crippen LogP) is 2.58. The zero-order valence-corrected chi connectivity index (χ0v) is 19.6. The molecular weight excluding hydrogens is 414 g/mol. The summed E-state index contributed by atoms with van der Waals surface area (Å²) >= 11 is 0. The molecule has 9 nitrogen and oxygen atoms in total. The van der Waals surface area contributed by atoms with Gasteiger partial charge in [-0.1, -0.05) is 12.1 Å². The fourth-order valence-corrected chi connectivity index (χ4v) is 4.93. The summed E-state index contributed by atoms with van der Waals surface area (Å²) < 4.78 is 4.07. The fourth-order valence-electron chi connectivity index (χ4n) is 4.93. The Hall–Kier alpha value is -3.33. The van der Waals surface area contributed by atoms with Gasteiger partial charge in [0, 0.05) is 51.1 Å². The lowest BCUT2D eigenvalue weighted by molar-refractivity contribution is 0.311. The minimum absolute atomic E-state index is 0.332. The van der Waals surface area contributed by atoms with E-state index in [1.165, 1.54) is 5.52 Å². The third-order valence-electron chi connectivity index (χ3n) is 6.92. The van der Waals surface area contributed by atoms with Gasteiger partial charge in [-0.25, -0.2) is 15.0 Å². The van der Waals surface area contributed by atoms with Crippen LogP contribution >= 0.6 is 0 Å². The molecule has 6 rings (SSSR count). The molecular formula is C24H29N9. The second-order valence-corrected chi connectivity index (χ2v) is 9.33. The number of fused-ring (bicyclic) bond motifs is 1. The van der Waals surface area contributed by atoms with E-state index >= 15 is 0 Å². The first kappa shape index (κ1) is 20.3. The summed E-state index contributed by atoms with van der Waals surface area (Å²) in [7, 11) is 4.27. The van der Waals surface area contributed by atoms with E-state index in [-0.39, 0.29) is 0 Å². The third-order valence-corrected chi connectivity index (χ3v) is 6.92. The highest BCUT2D eigenvalue weighted by Gasteiger charge is 2.44. The average molecular weight is 444 g/mol. The van der Waals surface area contributed by atoms with Gasteiger partial charge in [0.25, 0.3) is 0 Å². The zero-order valence-electron chi connectivity index (χ0n) is 19.6. The topological polar surface area (TPSA) is 80.8 Å². The van der Waals surface area contributed by atoms with Crippen LogP contribution in [0.2, 0.25) is 0 Å². The number of hydrogen-bond donors (Lipinski definition) is 0. The molecule has 0 bridgehead atoms. The van der Waals surface area contributed by atoms with Crippen LogP contribution in [0.15, 0.2) is 30.3 Å². The standard InChI is InChI=1S/C24H29N9/c1-15-25-16(2)33(29-15)22-14-20(27-24(28-22)32-11-9-30(3)10-12-32)17-13-18(17)23-26-19-7-5-6-8-21(19)31(23)4/h5-8,14,17-18H,9-13H2,1-4H3/t17-,18-/m1/s1. The number of para-hydroxylation sites is 2. The molecule has 4 heterocycles. The molecule has 0 amide bonds. The van der Waals surface area contributed by atoms with Crippen molar-refractivity contribution >= 4 is 17.0 Å². The number of likely N-dealkylation sites (N-methyl/N-ethyl adjacent to an activating group) is 1. The normalized spacial score (nSPS) is 21.2. The number of hydrogen-bond acceptors (Lipinski definition) is 7. The summed E-state index contributed by atoms with van der Waals surface area (Å²) in [4.78, 5) is 24.0. The maximum Gasteiger partial charge on any atom is 0.227 e. The van der Waals surface area contributed by atoms with Crippen LogP contribution in [0.5, 0.6) is 0 Å². The van der Waals surface area contributed by atoms with Gasteiger partial charge in [-0.2, -0.15) is 9.67 Å². The lowest BCUT2D eigenvalue weighted by Crippen LogP contribution is -2.45. The molecule has 0 unspecified atom stereocenters. The lowest BCUT2D eigenvalue weighted by atomic mass is 10.2. The molecule has 2 fully saturated rings. The number of anilines is 1. The van der Waals surface area contributed by atoms with Crippen molar-refractivity contribution in [3.63, 3.8) is 0 Å². The van der Waals surface area contributed by atoms with Crippen LogP contribution in [0.4, 0.5) is 5.95 Å². The molecule has 0 N–H and O–H groups in total. The highest BCUT2D eigenvalue weighted by molar-refractivity contribution is 5.76. The monoisotopic (exact) mass is 443 g/mol. The van der Waals surface area contributed by atoms with E-state index in [9.17, 15) is 0 Å². The van der Waals surface area contributed by atoms with Gasteiger partial charge < -0.3 is 14.4 Å². The van der Waals surface area contributed by atoms with Crippen LogP contribution in [0.25, 0.3) is 16.9 Å². The summed E-state index contributed by atoms with van der Waals surface area (Å²) in [5.74, 6) is 5.00. The van der Waals surface area contributed by atoms with Gasteiger partial charge >= 0.3 is 0 Å². The van der Waals surface area contributed by atoms with Gasteiger partial charge in [0.2, 0.25) is 5.95 Å². The average Bonchev–Trinajstić information content (AvgIpc) is 3.44. The minimum atomic E-state index is 0.332. The van der Waals surface area contributed by atoms with Crippen molar-refractivity contribution in [1.29, 1.82) is 0 Å². The smallest absolute Gasteiger partial charge is 0.227 e. The van der Waals surface area contributed by atoms with Crippen molar-refractivity contribution in [3.8, 4) is 5.82 Å². The Morgan fingerprint density at radius 1 is 0.879 bits per heavy atom. The van der Waals surface area contributed by atoms with Crippen LogP contribution in [-0.4, -0.2) is 72.4 Å². The molecule has 1 aliphatic carbocycles. The summed E-state index contributed by atoms with van der Waals surface area (Å²) in [6, 6.07) is 10.4. The summed E-state index contributed by atoms with van der Waals surface area (Å²) in [5.41, 5.74) is 3.29. The van der Waals surface area contributed by atoms with E-state index < -0.39 is 0 Å². The fraction of sp³-hybridized carbons (Fsp3) is 0.458. The summed E-state index contributed by atoms with van der Waals surface area (Å²) in [5, 5.41) is 4.59. The molecule has 3 aromatic heterocycles. The van der Waals surface area contributed by atoms with Crippen molar-refractivity contribution in [2.75, 3.05) is 38.1 Å². The molecule has 2 aliphatic rings. The number of piperazine rings is 1. The van der Waals surface area contributed by atoms with Crippen LogP contribution < -0.4 is 4.90 Å². The molecule has 0 spiro atoms. The van der Waals surface area contributed by atoms with Crippen LogP contribution in [0, 0.1) is 13.8 Å². The molecule has 1 aliphatic heterocycles. The second kappa shape index (κ2) is 7.62. The van der Waals surface area contributed by atoms with E-state index in [1.54, 1.807) is 0 Å². The zero-order chi connectivity index (χ0) is 22.7. The lowest BCUT2D eigenvalue weighted by Gasteiger charge is -2.32. The van der Waals surface area contributed by atoms with E-state index in [1.807, 2.05) is 24.6 Å². The Bertz CT molecular complexity index is 1330. The Labute approximate surface area is 193 Å². The van der Waals surface area contributed by atoms with Gasteiger partial charge in [0.15, 0.2) is 5.82 Å². The number of aryl methyl sites for hydroxylation is 3. The number of nitrogens with zero attached hydrogens (tertiary/aromatic N) is 9. The highest BCUT2D eigenvalue weighted by atomic mass is 15.4. The minimum Gasteiger partial charge on any atom is -0.338 e. The molecule has 1 saturated carbocycles. The van der Waals surface area contributed by atoms with Gasteiger partial charge in [-0.05, 0) is 39.4 Å². The predicted molar refractivity (Wildman–Crippen MR) is 127 cm³/mol. The highest BCUT2D eigenvalue weighted by Crippen LogP contribution is 2.54. The van der Waals surface area contributed by atoms with E-state index in [0.29, 0.717) is 11.8 Å². The van der Waals surface area contributed by atoms with E-state index in [2.05, 4.69) is 62.8 Å². The Kier molecular flexibility index (Phi) is 4.69. The van der Waals surface area contributed by atoms with Crippen LogP contribution in [0.3, 0.4) is 0 Å². The molecule has 1 saturated heterocycles. The van der Waals surface area contributed by atoms with Crippen LogP contribution in [-0.2, 0) is 7.05 Å². The summed E-state index contributed by atoms with van der Waals surface area (Å²) in [6.45, 7) is 7.75. The SMILES string of the molecule is Cc1nc(C)n(-c2cc([C@@H]3C[C@H]3c3nc4ccccc4n3C)nc(N3CCN(C)CC3)n2)n1. The second-order valence-electron chi connectivity index (χ2n) is 9.33. The largest absolute Gasteiger partial charge is 0.338 e. The molecule has 9 heteroatoms. The Balaban J connectivity index is 1.38. The van der Waals surface area contributed by atoms with E-state index in [4.69, 9.17) is 15.0 Å². The number of benzene rings is 1. The number of rotatable bonds is 4. The van der Waals surface area contributed by atoms with Crippen molar-refractivity contribution in [3.05, 3.63) is 53.5 Å². The molecule has 4 aromatic rings. The quantitative estimate of drug-likeness (QED) is 0.480. The number of aromatic nitrogens is 7. The van der Waals surface area contributed by atoms with Crippen molar-refractivity contribution in [2.45, 2.75) is 32.1 Å². The number of imidazole rings is 1. The van der Waals surface area contributed by atoms with Gasteiger partial charge in [-0.3, -0.25) is 0 Å². The first-order chi connectivity index (χ1) is 16.0. The first-order valence-electron chi connectivity index (χ1n) is 11.6. The molecule has 1 aromatic carbocycles. The van der Waals surface area contributed by atoms with Crippen molar-refractivity contribution in [1.82, 2.24) is 39.2 Å². The maximum atomic E-state index is 5.06. The van der Waals surface area contributed by atoms with Gasteiger partial charge in [0.1, 0.15) is 17.5 Å². The maximum absolute atomic E-state index is 5.06. The Morgan fingerprint density at radius 3 is 2.39 bits per heavy atom. The summed E-state index contributed by atoms with van der Waals surface area (Å²) in [6.07, 6.45) is 1.05. The Morgan fingerprint density at radius 2 is 1.67 bits per heavy atom. The molecule has 0 radical (unpaired) electrons. The van der Waals surface area contributed by atoms with Crippen LogP contribution in [0.1, 0.15) is 41.4 Å². The van der Waals surface area contributed by atoms with Crippen molar-refractivity contribution < 1.29 is 0 Å². The van der Waals surface area contributed by atoms with Gasteiger partial charge in [0.05, 0.1) is 16.7 Å². The van der Waals surface area contributed by atoms with Crippen molar-refractivity contribution in [2.24, 2.45) is 7.05 Å². The van der Waals surface area contributed by atoms with E-state index in [0.717, 1.165) is 73.0 Å².